The number of carbonyl (C=O) groups is 1. The van der Waals surface area contributed by atoms with E-state index in [4.69, 9.17) is 9.56 Å². The van der Waals surface area contributed by atoms with Crippen LogP contribution >= 0.6 is 15.9 Å². The summed E-state index contributed by atoms with van der Waals surface area (Å²) >= 11 is 3.32. The Labute approximate surface area is 148 Å². The van der Waals surface area contributed by atoms with Crippen LogP contribution in [0.25, 0.3) is 0 Å². The van der Waals surface area contributed by atoms with Crippen molar-refractivity contribution >= 4 is 31.9 Å². The van der Waals surface area contributed by atoms with Crippen LogP contribution in [-0.4, -0.2) is 25.3 Å². The molecule has 1 aliphatic carbocycles. The van der Waals surface area contributed by atoms with E-state index < -0.39 is 10.0 Å². The van der Waals surface area contributed by atoms with E-state index in [0.717, 1.165) is 18.6 Å². The monoisotopic (exact) mass is 412 g/mol. The Balaban J connectivity index is 1.93. The highest BCUT2D eigenvalue weighted by molar-refractivity contribution is 9.10. The van der Waals surface area contributed by atoms with Crippen LogP contribution in [0.5, 0.6) is 0 Å². The van der Waals surface area contributed by atoms with Crippen molar-refractivity contribution in [3.05, 3.63) is 51.9 Å². The van der Waals surface area contributed by atoms with E-state index in [0.29, 0.717) is 16.8 Å². The van der Waals surface area contributed by atoms with E-state index in [1.807, 2.05) is 19.1 Å². The number of nitrogens with zero attached hydrogens (tertiary/aromatic N) is 1. The first-order valence-corrected chi connectivity index (χ1v) is 9.78. The highest BCUT2D eigenvalue weighted by Gasteiger charge is 2.34. The van der Waals surface area contributed by atoms with Crippen molar-refractivity contribution in [2.45, 2.75) is 37.2 Å². The fraction of sp³-hybridized carbons (Fsp3) is 0.312. The van der Waals surface area contributed by atoms with Crippen LogP contribution in [0.1, 0.15) is 34.7 Å². The summed E-state index contributed by atoms with van der Waals surface area (Å²) in [5.41, 5.74) is 0.275. The van der Waals surface area contributed by atoms with E-state index >= 15 is 0 Å². The SMILES string of the molecule is Cc1ccc(CN(C(=O)c2cc(S(N)(=O)=O)ccc2Br)C2CC2)o1. The van der Waals surface area contributed by atoms with E-state index in [1.165, 1.54) is 18.2 Å². The predicted octanol–water partition coefficient (Wildman–Crippen LogP) is 2.80. The molecule has 0 radical (unpaired) electrons. The minimum Gasteiger partial charge on any atom is -0.464 e. The second-order valence-corrected chi connectivity index (χ2v) is 8.28. The lowest BCUT2D eigenvalue weighted by Gasteiger charge is -2.22. The molecular formula is C16H17BrN2O4S. The van der Waals surface area contributed by atoms with Gasteiger partial charge in [0, 0.05) is 10.5 Å². The summed E-state index contributed by atoms with van der Waals surface area (Å²) in [4.78, 5) is 14.6. The lowest BCUT2D eigenvalue weighted by molar-refractivity contribution is 0.0715. The van der Waals surface area contributed by atoms with Gasteiger partial charge < -0.3 is 9.32 Å². The van der Waals surface area contributed by atoms with Gasteiger partial charge in [0.2, 0.25) is 10.0 Å². The Kier molecular flexibility index (Phi) is 4.54. The van der Waals surface area contributed by atoms with Gasteiger partial charge in [-0.25, -0.2) is 13.6 Å². The molecular weight excluding hydrogens is 396 g/mol. The number of rotatable bonds is 5. The normalized spacial score (nSPS) is 14.6. The minimum absolute atomic E-state index is 0.0846. The van der Waals surface area contributed by atoms with Gasteiger partial charge in [0.15, 0.2) is 0 Å². The van der Waals surface area contributed by atoms with Crippen molar-refractivity contribution in [2.75, 3.05) is 0 Å². The fourth-order valence-corrected chi connectivity index (χ4v) is 3.45. The molecule has 0 spiro atoms. The average molecular weight is 413 g/mol. The molecule has 1 saturated carbocycles. The minimum atomic E-state index is -3.87. The van der Waals surface area contributed by atoms with Crippen LogP contribution in [0.15, 0.2) is 44.1 Å². The topological polar surface area (TPSA) is 93.6 Å². The smallest absolute Gasteiger partial charge is 0.255 e. The number of hydrogen-bond donors (Lipinski definition) is 1. The number of primary sulfonamides is 1. The zero-order valence-corrected chi connectivity index (χ0v) is 15.4. The Morgan fingerprint density at radius 1 is 1.33 bits per heavy atom. The molecule has 128 valence electrons. The Hall–Kier alpha value is -1.64. The second kappa shape index (κ2) is 6.34. The molecule has 1 amide bonds. The summed E-state index contributed by atoms with van der Waals surface area (Å²) in [6, 6.07) is 8.04. The second-order valence-electron chi connectivity index (χ2n) is 5.86. The molecule has 1 aliphatic rings. The quantitative estimate of drug-likeness (QED) is 0.816. The van der Waals surface area contributed by atoms with E-state index in [1.54, 1.807) is 4.90 Å². The number of furan rings is 1. The number of halogens is 1. The van der Waals surface area contributed by atoms with Crippen molar-refractivity contribution in [1.82, 2.24) is 4.90 Å². The molecule has 0 saturated heterocycles. The molecule has 1 aromatic carbocycles. The Bertz CT molecular complexity index is 887. The maximum atomic E-state index is 13.0. The standard InChI is InChI=1S/C16H17BrN2O4S/c1-10-2-5-12(23-10)9-19(11-3-4-11)16(20)14-8-13(24(18,21)22)6-7-15(14)17/h2,5-8,11H,3-4,9H2,1H3,(H2,18,21,22). The highest BCUT2D eigenvalue weighted by atomic mass is 79.9. The summed E-state index contributed by atoms with van der Waals surface area (Å²) in [5, 5.41) is 5.17. The van der Waals surface area contributed by atoms with Crippen molar-refractivity contribution in [2.24, 2.45) is 5.14 Å². The van der Waals surface area contributed by atoms with Crippen LogP contribution in [-0.2, 0) is 16.6 Å². The number of nitrogens with two attached hydrogens (primary N) is 1. The molecule has 6 nitrogen and oxygen atoms in total. The zero-order valence-electron chi connectivity index (χ0n) is 13.0. The first-order valence-electron chi connectivity index (χ1n) is 7.44. The molecule has 0 aliphatic heterocycles. The van der Waals surface area contributed by atoms with Gasteiger partial charge in [-0.15, -0.1) is 0 Å². The number of aryl methyl sites for hydroxylation is 1. The summed E-state index contributed by atoms with van der Waals surface area (Å²) in [6.07, 6.45) is 1.86. The van der Waals surface area contributed by atoms with E-state index in [2.05, 4.69) is 15.9 Å². The summed E-state index contributed by atoms with van der Waals surface area (Å²) in [5.74, 6) is 1.24. The average Bonchev–Trinajstić information content (AvgIpc) is 3.26. The maximum absolute atomic E-state index is 13.0. The third-order valence-corrected chi connectivity index (χ3v) is 5.47. The van der Waals surface area contributed by atoms with E-state index in [-0.39, 0.29) is 22.4 Å². The van der Waals surface area contributed by atoms with Gasteiger partial charge in [0.05, 0.1) is 17.0 Å². The summed E-state index contributed by atoms with van der Waals surface area (Å²) in [7, 11) is -3.87. The van der Waals surface area contributed by atoms with Gasteiger partial charge in [-0.2, -0.15) is 0 Å². The lowest BCUT2D eigenvalue weighted by Crippen LogP contribution is -2.33. The molecule has 0 atom stereocenters. The molecule has 24 heavy (non-hydrogen) atoms. The van der Waals surface area contributed by atoms with Gasteiger partial charge in [-0.3, -0.25) is 4.79 Å². The third kappa shape index (κ3) is 3.71. The van der Waals surface area contributed by atoms with Crippen LogP contribution in [0, 0.1) is 6.92 Å². The van der Waals surface area contributed by atoms with Crippen LogP contribution in [0.4, 0.5) is 0 Å². The van der Waals surface area contributed by atoms with Gasteiger partial charge >= 0.3 is 0 Å². The third-order valence-electron chi connectivity index (χ3n) is 3.87. The molecule has 1 aromatic heterocycles. The molecule has 0 unspecified atom stereocenters. The molecule has 3 rings (SSSR count). The van der Waals surface area contributed by atoms with Crippen molar-refractivity contribution < 1.29 is 17.6 Å². The van der Waals surface area contributed by atoms with Crippen LogP contribution in [0.3, 0.4) is 0 Å². The molecule has 1 fully saturated rings. The molecule has 8 heteroatoms. The van der Waals surface area contributed by atoms with Gasteiger partial charge in [0.1, 0.15) is 11.5 Å². The first-order chi connectivity index (χ1) is 11.3. The fourth-order valence-electron chi connectivity index (χ4n) is 2.49. The van der Waals surface area contributed by atoms with E-state index in [9.17, 15) is 13.2 Å². The van der Waals surface area contributed by atoms with Crippen LogP contribution < -0.4 is 5.14 Å². The predicted molar refractivity (Wildman–Crippen MR) is 91.9 cm³/mol. The van der Waals surface area contributed by atoms with Crippen molar-refractivity contribution in [3.63, 3.8) is 0 Å². The Morgan fingerprint density at radius 3 is 2.58 bits per heavy atom. The summed E-state index contributed by atoms with van der Waals surface area (Å²) < 4.78 is 29.2. The number of amides is 1. The van der Waals surface area contributed by atoms with Gasteiger partial charge in [0.25, 0.3) is 5.91 Å². The van der Waals surface area contributed by atoms with Crippen molar-refractivity contribution in [3.8, 4) is 0 Å². The largest absolute Gasteiger partial charge is 0.464 e. The maximum Gasteiger partial charge on any atom is 0.255 e. The molecule has 2 N–H and O–H groups in total. The number of carbonyl (C=O) groups excluding carboxylic acids is 1. The number of benzene rings is 1. The van der Waals surface area contributed by atoms with Gasteiger partial charge in [-0.05, 0) is 66.0 Å². The van der Waals surface area contributed by atoms with Crippen molar-refractivity contribution in [1.29, 1.82) is 0 Å². The molecule has 2 aromatic rings. The Morgan fingerprint density at radius 2 is 2.04 bits per heavy atom. The molecule has 0 bridgehead atoms. The molecule has 1 heterocycles. The highest BCUT2D eigenvalue weighted by Crippen LogP contribution is 2.32. The lowest BCUT2D eigenvalue weighted by atomic mass is 10.2. The van der Waals surface area contributed by atoms with Crippen LogP contribution in [0.2, 0.25) is 0 Å². The number of hydrogen-bond acceptors (Lipinski definition) is 4. The van der Waals surface area contributed by atoms with Gasteiger partial charge in [-0.1, -0.05) is 0 Å². The first kappa shape index (κ1) is 17.2. The summed E-state index contributed by atoms with van der Waals surface area (Å²) in [6.45, 7) is 2.20. The number of sulfonamides is 1. The zero-order chi connectivity index (χ0) is 17.5.